The zero-order chi connectivity index (χ0) is 13.3. The molecule has 1 aromatic carbocycles. The molecule has 0 unspecified atom stereocenters. The van der Waals surface area contributed by atoms with Crippen molar-refractivity contribution in [3.8, 4) is 0 Å². The molecule has 92 valence electrons. The molecule has 0 spiro atoms. The van der Waals surface area contributed by atoms with Crippen molar-refractivity contribution in [1.29, 1.82) is 0 Å². The van der Waals surface area contributed by atoms with E-state index in [4.69, 9.17) is 0 Å². The van der Waals surface area contributed by atoms with Gasteiger partial charge in [0.1, 0.15) is 5.57 Å². The predicted octanol–water partition coefficient (Wildman–Crippen LogP) is 1.51. The van der Waals surface area contributed by atoms with Gasteiger partial charge < -0.3 is 4.74 Å². The van der Waals surface area contributed by atoms with Crippen LogP contribution in [0.4, 0.5) is 4.79 Å². The third-order valence-electron chi connectivity index (χ3n) is 2.60. The summed E-state index contributed by atoms with van der Waals surface area (Å²) in [6, 6.07) is 7.28. The molecule has 2 amide bonds. The highest BCUT2D eigenvalue weighted by Crippen LogP contribution is 2.16. The number of aryl methyl sites for hydroxylation is 1. The van der Waals surface area contributed by atoms with Crippen LogP contribution in [0.5, 0.6) is 0 Å². The second-order valence-electron chi connectivity index (χ2n) is 3.99. The molecule has 1 fully saturated rings. The highest BCUT2D eigenvalue weighted by Gasteiger charge is 2.35. The van der Waals surface area contributed by atoms with Crippen LogP contribution >= 0.6 is 0 Å². The van der Waals surface area contributed by atoms with E-state index in [2.05, 4.69) is 4.74 Å². The Kier molecular flexibility index (Phi) is 2.97. The minimum absolute atomic E-state index is 0.152. The lowest BCUT2D eigenvalue weighted by Gasteiger charge is -2.20. The van der Waals surface area contributed by atoms with Crippen molar-refractivity contribution in [2.75, 3.05) is 7.05 Å². The smallest absolute Gasteiger partial charge is 0.372 e. The summed E-state index contributed by atoms with van der Waals surface area (Å²) >= 11 is 0. The van der Waals surface area contributed by atoms with Gasteiger partial charge in [-0.2, -0.15) is 0 Å². The molecule has 1 aromatic rings. The molecular formula is C13H11NO4. The first-order chi connectivity index (χ1) is 8.49. The number of ether oxygens (including phenoxy) is 1. The predicted molar refractivity (Wildman–Crippen MR) is 63.4 cm³/mol. The Bertz CT molecular complexity index is 557. The van der Waals surface area contributed by atoms with Crippen LogP contribution in [-0.2, 0) is 14.3 Å². The number of likely N-dealkylation sites (N-methyl/N-ethyl adjacent to an activating group) is 1. The number of hydrogen-bond donors (Lipinski definition) is 0. The van der Waals surface area contributed by atoms with Crippen molar-refractivity contribution in [2.24, 2.45) is 0 Å². The number of carbonyl (C=O) groups is 3. The van der Waals surface area contributed by atoms with Crippen LogP contribution in [0.25, 0.3) is 6.08 Å². The van der Waals surface area contributed by atoms with E-state index in [0.717, 1.165) is 10.5 Å². The first-order valence-corrected chi connectivity index (χ1v) is 5.31. The van der Waals surface area contributed by atoms with Gasteiger partial charge in [-0.15, -0.1) is 0 Å². The Hall–Kier alpha value is -2.43. The summed E-state index contributed by atoms with van der Waals surface area (Å²) in [5, 5.41) is 0. The standard InChI is InChI=1S/C13H11NO4/c1-8-3-5-9(6-4-8)7-10-11(15)14(2)13(17)18-12(10)16/h3-7H,1-2H3/b10-7-. The van der Waals surface area contributed by atoms with Crippen LogP contribution in [0.15, 0.2) is 29.8 Å². The van der Waals surface area contributed by atoms with Crippen LogP contribution in [0.1, 0.15) is 11.1 Å². The quantitative estimate of drug-likeness (QED) is 0.325. The van der Waals surface area contributed by atoms with Crippen LogP contribution in [0, 0.1) is 6.92 Å². The lowest BCUT2D eigenvalue weighted by Crippen LogP contribution is -2.43. The molecular weight excluding hydrogens is 234 g/mol. The Morgan fingerprint density at radius 3 is 2.33 bits per heavy atom. The Morgan fingerprint density at radius 2 is 1.72 bits per heavy atom. The van der Waals surface area contributed by atoms with E-state index in [-0.39, 0.29) is 5.57 Å². The second-order valence-corrected chi connectivity index (χ2v) is 3.99. The average Bonchev–Trinajstić information content (AvgIpc) is 2.34. The number of imide groups is 1. The van der Waals surface area contributed by atoms with Gasteiger partial charge in [0.15, 0.2) is 0 Å². The van der Waals surface area contributed by atoms with Crippen LogP contribution in [-0.4, -0.2) is 29.9 Å². The summed E-state index contributed by atoms with van der Waals surface area (Å²) in [6.07, 6.45) is 0.457. The number of cyclic esters (lactones) is 2. The summed E-state index contributed by atoms with van der Waals surface area (Å²) in [4.78, 5) is 35.1. The summed E-state index contributed by atoms with van der Waals surface area (Å²) in [6.45, 7) is 1.93. The van der Waals surface area contributed by atoms with Gasteiger partial charge in [0.25, 0.3) is 5.91 Å². The lowest BCUT2D eigenvalue weighted by molar-refractivity contribution is -0.142. The van der Waals surface area contributed by atoms with Crippen molar-refractivity contribution >= 4 is 24.0 Å². The first kappa shape index (κ1) is 12.0. The van der Waals surface area contributed by atoms with E-state index in [1.165, 1.54) is 13.1 Å². The Labute approximate surface area is 104 Å². The van der Waals surface area contributed by atoms with Crippen molar-refractivity contribution in [1.82, 2.24) is 4.90 Å². The van der Waals surface area contributed by atoms with Gasteiger partial charge >= 0.3 is 12.1 Å². The van der Waals surface area contributed by atoms with E-state index in [9.17, 15) is 14.4 Å². The number of amides is 2. The second kappa shape index (κ2) is 4.44. The highest BCUT2D eigenvalue weighted by atomic mass is 16.6. The van der Waals surface area contributed by atoms with Crippen LogP contribution in [0.2, 0.25) is 0 Å². The SMILES string of the molecule is Cc1ccc(/C=C2\C(=O)OC(=O)N(C)C2=O)cc1. The number of benzene rings is 1. The van der Waals surface area contributed by atoms with Crippen molar-refractivity contribution < 1.29 is 19.1 Å². The fraction of sp³-hybridized carbons (Fsp3) is 0.154. The van der Waals surface area contributed by atoms with E-state index >= 15 is 0 Å². The van der Waals surface area contributed by atoms with Gasteiger partial charge in [0.2, 0.25) is 0 Å². The number of nitrogens with zero attached hydrogens (tertiary/aromatic N) is 1. The van der Waals surface area contributed by atoms with Crippen molar-refractivity contribution in [2.45, 2.75) is 6.92 Å². The molecule has 1 saturated heterocycles. The van der Waals surface area contributed by atoms with Gasteiger partial charge in [-0.05, 0) is 18.6 Å². The van der Waals surface area contributed by atoms with Gasteiger partial charge in [0, 0.05) is 7.05 Å². The van der Waals surface area contributed by atoms with E-state index in [1.807, 2.05) is 19.1 Å². The molecule has 0 N–H and O–H groups in total. The largest absolute Gasteiger partial charge is 0.424 e. The molecule has 1 heterocycles. The van der Waals surface area contributed by atoms with Gasteiger partial charge in [0.05, 0.1) is 0 Å². The zero-order valence-corrected chi connectivity index (χ0v) is 9.97. The molecule has 0 radical (unpaired) electrons. The van der Waals surface area contributed by atoms with Gasteiger partial charge in [-0.25, -0.2) is 14.5 Å². The van der Waals surface area contributed by atoms with Crippen LogP contribution < -0.4 is 0 Å². The van der Waals surface area contributed by atoms with Crippen molar-refractivity contribution in [3.05, 3.63) is 41.0 Å². The minimum atomic E-state index is -0.953. The molecule has 18 heavy (non-hydrogen) atoms. The van der Waals surface area contributed by atoms with E-state index in [0.29, 0.717) is 5.56 Å². The Morgan fingerprint density at radius 1 is 1.11 bits per heavy atom. The van der Waals surface area contributed by atoms with E-state index in [1.54, 1.807) is 12.1 Å². The zero-order valence-electron chi connectivity index (χ0n) is 9.97. The topological polar surface area (TPSA) is 63.7 Å². The highest BCUT2D eigenvalue weighted by molar-refractivity contribution is 6.27. The summed E-state index contributed by atoms with van der Waals surface area (Å²) in [5.41, 5.74) is 1.62. The number of carbonyl (C=O) groups excluding carboxylic acids is 3. The minimum Gasteiger partial charge on any atom is -0.372 e. The normalized spacial score (nSPS) is 18.2. The molecule has 2 rings (SSSR count). The molecule has 0 aromatic heterocycles. The monoisotopic (exact) mass is 245 g/mol. The maximum atomic E-state index is 11.8. The molecule has 0 aliphatic carbocycles. The number of esters is 1. The third-order valence-corrected chi connectivity index (χ3v) is 2.60. The summed E-state index contributed by atoms with van der Waals surface area (Å²) in [7, 11) is 1.26. The first-order valence-electron chi connectivity index (χ1n) is 5.31. The van der Waals surface area contributed by atoms with E-state index < -0.39 is 18.0 Å². The molecule has 0 atom stereocenters. The average molecular weight is 245 g/mol. The molecule has 1 aliphatic heterocycles. The van der Waals surface area contributed by atoms with Crippen LogP contribution in [0.3, 0.4) is 0 Å². The molecule has 1 aliphatic rings. The van der Waals surface area contributed by atoms with Gasteiger partial charge in [-0.1, -0.05) is 29.8 Å². The molecule has 0 saturated carbocycles. The van der Waals surface area contributed by atoms with Crippen molar-refractivity contribution in [3.63, 3.8) is 0 Å². The summed E-state index contributed by atoms with van der Waals surface area (Å²) < 4.78 is 4.44. The summed E-state index contributed by atoms with van der Waals surface area (Å²) in [5.74, 6) is -1.57. The third kappa shape index (κ3) is 2.15. The maximum Gasteiger partial charge on any atom is 0.424 e. The molecule has 5 heteroatoms. The maximum absolute atomic E-state index is 11.8. The fourth-order valence-electron chi connectivity index (χ4n) is 1.50. The number of hydrogen-bond acceptors (Lipinski definition) is 4. The Balaban J connectivity index is 2.37. The lowest BCUT2D eigenvalue weighted by atomic mass is 10.1. The molecule has 5 nitrogen and oxygen atoms in total. The molecule has 0 bridgehead atoms. The van der Waals surface area contributed by atoms with Gasteiger partial charge in [-0.3, -0.25) is 4.79 Å². The fourth-order valence-corrected chi connectivity index (χ4v) is 1.50. The number of rotatable bonds is 1.